The lowest BCUT2D eigenvalue weighted by molar-refractivity contribution is 0.427. The zero-order chi connectivity index (χ0) is 16.5. The van der Waals surface area contributed by atoms with E-state index in [0.717, 1.165) is 0 Å². The van der Waals surface area contributed by atoms with Crippen LogP contribution in [0.25, 0.3) is 0 Å². The first-order chi connectivity index (χ1) is 10.2. The second-order valence-corrected chi connectivity index (χ2v) is 8.18. The molecule has 0 aromatic heterocycles. The zero-order valence-corrected chi connectivity index (χ0v) is 15.3. The summed E-state index contributed by atoms with van der Waals surface area (Å²) in [4.78, 5) is 7.97. The molecule has 3 nitrogen and oxygen atoms in total. The highest BCUT2D eigenvalue weighted by atomic mass is 35.6. The molecule has 1 aliphatic rings. The maximum atomic E-state index is 14.0. The van der Waals surface area contributed by atoms with E-state index >= 15 is 0 Å². The van der Waals surface area contributed by atoms with Crippen LogP contribution in [0, 0.1) is 5.82 Å². The predicted octanol–water partition coefficient (Wildman–Crippen LogP) is 4.48. The Bertz CT molecular complexity index is 563. The summed E-state index contributed by atoms with van der Waals surface area (Å²) in [5.74, 6) is 0.216. The molecule has 0 radical (unpaired) electrons. The Kier molecular flexibility index (Phi) is 6.08. The summed E-state index contributed by atoms with van der Waals surface area (Å²) in [7, 11) is 1.88. The first-order valence-electron chi connectivity index (χ1n) is 6.32. The van der Waals surface area contributed by atoms with E-state index < -0.39 is 14.7 Å². The van der Waals surface area contributed by atoms with Gasteiger partial charge in [0.15, 0.2) is 0 Å². The molecule has 1 heterocycles. The number of hydrogen-bond acceptors (Lipinski definition) is 2. The third kappa shape index (κ3) is 4.31. The molecule has 122 valence electrons. The van der Waals surface area contributed by atoms with Crippen molar-refractivity contribution in [1.29, 1.82) is 0 Å². The van der Waals surface area contributed by atoms with E-state index in [1.165, 1.54) is 6.07 Å². The third-order valence-corrected chi connectivity index (χ3v) is 5.16. The van der Waals surface area contributed by atoms with E-state index in [1.807, 2.05) is 11.9 Å². The minimum Gasteiger partial charge on any atom is -0.313 e. The maximum absolute atomic E-state index is 14.0. The number of aliphatic imine (C=N–C) groups is 1. The number of halogens is 6. The molecule has 2 unspecified atom stereocenters. The van der Waals surface area contributed by atoms with Gasteiger partial charge in [-0.05, 0) is 19.2 Å². The number of para-hydroxylation sites is 1. The van der Waals surface area contributed by atoms with Crippen molar-refractivity contribution in [3.05, 3.63) is 30.1 Å². The van der Waals surface area contributed by atoms with Gasteiger partial charge in [0.25, 0.3) is 0 Å². The zero-order valence-electron chi connectivity index (χ0n) is 11.5. The second-order valence-electron chi connectivity index (χ2n) is 4.90. The molecule has 1 fully saturated rings. The topological polar surface area (TPSA) is 18.8 Å². The summed E-state index contributed by atoms with van der Waals surface area (Å²) in [6.07, 6.45) is 0. The number of anilines is 1. The van der Waals surface area contributed by atoms with Gasteiger partial charge in [0, 0.05) is 0 Å². The monoisotopic (exact) mass is 405 g/mol. The van der Waals surface area contributed by atoms with E-state index in [9.17, 15) is 4.39 Å². The Hall–Kier alpha value is 0.0300. The van der Waals surface area contributed by atoms with E-state index in [-0.39, 0.29) is 5.82 Å². The van der Waals surface area contributed by atoms with Crippen molar-refractivity contribution in [2.75, 3.05) is 25.2 Å². The van der Waals surface area contributed by atoms with Crippen LogP contribution in [0.3, 0.4) is 0 Å². The molecule has 1 aromatic carbocycles. The van der Waals surface area contributed by atoms with Gasteiger partial charge in [0.1, 0.15) is 22.5 Å². The number of benzene rings is 1. The van der Waals surface area contributed by atoms with Gasteiger partial charge in [-0.3, -0.25) is 4.90 Å². The number of amidine groups is 1. The fourth-order valence-corrected chi connectivity index (χ4v) is 2.97. The lowest BCUT2D eigenvalue weighted by atomic mass is 10.3. The van der Waals surface area contributed by atoms with Crippen molar-refractivity contribution in [1.82, 2.24) is 4.90 Å². The molecule has 0 amide bonds. The van der Waals surface area contributed by atoms with Crippen LogP contribution in [0.5, 0.6) is 0 Å². The fraction of sp³-hybridized carbons (Fsp3) is 0.462. The fourth-order valence-electron chi connectivity index (χ4n) is 2.06. The summed E-state index contributed by atoms with van der Waals surface area (Å²) in [5.41, 5.74) is -0.542. The largest absolute Gasteiger partial charge is 0.313 e. The summed E-state index contributed by atoms with van der Waals surface area (Å²) in [5, 5.41) is -1.01. The first-order valence-corrected chi connectivity index (χ1v) is 8.33. The van der Waals surface area contributed by atoms with Crippen LogP contribution in [-0.2, 0) is 0 Å². The van der Waals surface area contributed by atoms with Crippen LogP contribution >= 0.6 is 58.0 Å². The molecule has 1 aromatic rings. The lowest BCUT2D eigenvalue weighted by Gasteiger charge is -2.23. The molecule has 0 N–H and O–H groups in total. The molecular formula is C13H13Cl5FN3. The van der Waals surface area contributed by atoms with E-state index in [0.29, 0.717) is 24.7 Å². The molecule has 0 spiro atoms. The van der Waals surface area contributed by atoms with Gasteiger partial charge in [-0.1, -0.05) is 58.5 Å². The highest BCUT2D eigenvalue weighted by Gasteiger charge is 2.37. The summed E-state index contributed by atoms with van der Waals surface area (Å²) in [6.45, 7) is 0.963. The molecule has 0 bridgehead atoms. The lowest BCUT2D eigenvalue weighted by Crippen LogP contribution is -2.32. The number of likely N-dealkylation sites (N-methyl/N-ethyl adjacent to an activating group) is 1. The van der Waals surface area contributed by atoms with Crippen molar-refractivity contribution >= 4 is 69.5 Å². The van der Waals surface area contributed by atoms with Crippen LogP contribution in [0.2, 0.25) is 0 Å². The third-order valence-electron chi connectivity index (χ3n) is 3.08. The molecule has 0 saturated carbocycles. The number of hydrogen-bond donors (Lipinski definition) is 0. The smallest absolute Gasteiger partial charge is 0.210 e. The van der Waals surface area contributed by atoms with Gasteiger partial charge in [0.2, 0.25) is 3.79 Å². The molecule has 1 saturated heterocycles. The van der Waals surface area contributed by atoms with Crippen LogP contribution in [0.15, 0.2) is 29.3 Å². The number of rotatable bonds is 3. The highest BCUT2D eigenvalue weighted by molar-refractivity contribution is 6.70. The first kappa shape index (κ1) is 18.4. The number of nitrogens with zero attached hydrogens (tertiary/aromatic N) is 3. The van der Waals surface area contributed by atoms with Crippen molar-refractivity contribution in [2.45, 2.75) is 14.7 Å². The standard InChI is InChI=1S/C13H13Cl5FN3/c1-21-6-10(20-12(15)11(14)13(16,17)18)22(7-21)9-5-3-2-4-8(9)19/h2-5,11-12H,6-7H2,1H3. The van der Waals surface area contributed by atoms with Gasteiger partial charge >= 0.3 is 0 Å². The average molecular weight is 408 g/mol. The molecule has 22 heavy (non-hydrogen) atoms. The molecular weight excluding hydrogens is 394 g/mol. The van der Waals surface area contributed by atoms with Crippen molar-refractivity contribution in [3.8, 4) is 0 Å². The molecule has 1 aliphatic heterocycles. The average Bonchev–Trinajstić information content (AvgIpc) is 2.78. The van der Waals surface area contributed by atoms with Gasteiger partial charge in [-0.25, -0.2) is 9.38 Å². The van der Waals surface area contributed by atoms with E-state index in [4.69, 9.17) is 58.0 Å². The summed E-state index contributed by atoms with van der Waals surface area (Å²) >= 11 is 29.3. The van der Waals surface area contributed by atoms with Gasteiger partial charge in [-0.15, -0.1) is 11.6 Å². The molecule has 2 atom stereocenters. The van der Waals surface area contributed by atoms with Gasteiger partial charge in [-0.2, -0.15) is 0 Å². The Morgan fingerprint density at radius 1 is 1.23 bits per heavy atom. The quantitative estimate of drug-likeness (QED) is 0.544. The van der Waals surface area contributed by atoms with E-state index in [1.54, 1.807) is 23.1 Å². The SMILES string of the molecule is CN1CC(=NC(Cl)C(Cl)C(Cl)(Cl)Cl)N(c2ccccc2F)C1. The van der Waals surface area contributed by atoms with Crippen LogP contribution in [-0.4, -0.2) is 45.7 Å². The predicted molar refractivity (Wildman–Crippen MR) is 93.4 cm³/mol. The van der Waals surface area contributed by atoms with Crippen molar-refractivity contribution in [3.63, 3.8) is 0 Å². The Morgan fingerprint density at radius 2 is 1.86 bits per heavy atom. The molecule has 2 rings (SSSR count). The summed E-state index contributed by atoms with van der Waals surface area (Å²) in [6, 6.07) is 6.42. The highest BCUT2D eigenvalue weighted by Crippen LogP contribution is 2.38. The van der Waals surface area contributed by atoms with Crippen LogP contribution in [0.4, 0.5) is 10.1 Å². The molecule has 9 heteroatoms. The Morgan fingerprint density at radius 3 is 2.45 bits per heavy atom. The van der Waals surface area contributed by atoms with Crippen LogP contribution in [0.1, 0.15) is 0 Å². The van der Waals surface area contributed by atoms with Gasteiger partial charge in [0.05, 0.1) is 18.9 Å². The Labute approximate surface area is 153 Å². The van der Waals surface area contributed by atoms with E-state index in [2.05, 4.69) is 4.99 Å². The second kappa shape index (κ2) is 7.29. The van der Waals surface area contributed by atoms with Crippen LogP contribution < -0.4 is 4.90 Å². The Balaban J connectivity index is 2.28. The number of alkyl halides is 5. The molecule has 0 aliphatic carbocycles. The minimum absolute atomic E-state index is 0.347. The normalized spacial score (nSPS) is 21.4. The maximum Gasteiger partial charge on any atom is 0.210 e. The van der Waals surface area contributed by atoms with Crippen molar-refractivity contribution in [2.24, 2.45) is 4.99 Å². The minimum atomic E-state index is -1.74. The van der Waals surface area contributed by atoms with Crippen molar-refractivity contribution < 1.29 is 4.39 Å². The van der Waals surface area contributed by atoms with Gasteiger partial charge < -0.3 is 4.90 Å². The summed E-state index contributed by atoms with van der Waals surface area (Å²) < 4.78 is 12.2.